The Kier molecular flexibility index (Phi) is 36.8. The van der Waals surface area contributed by atoms with Gasteiger partial charge in [-0.05, 0) is 77.0 Å². The summed E-state index contributed by atoms with van der Waals surface area (Å²) in [4.78, 5) is 37.0. The Bertz CT molecular complexity index is 1100. The molecule has 322 valence electrons. The molecule has 0 amide bonds. The van der Waals surface area contributed by atoms with Gasteiger partial charge in [0, 0.05) is 19.3 Å². The minimum atomic E-state index is -0.882. The second-order valence-electron chi connectivity index (χ2n) is 15.9. The second kappa shape index (κ2) is 38.9. The quantitative estimate of drug-likeness (QED) is 0.0287. The van der Waals surface area contributed by atoms with Crippen molar-refractivity contribution in [1.82, 2.24) is 0 Å². The molecule has 1 N–H and O–H groups in total. The number of likely N-dealkylation sites (N-methyl/N-ethyl adjacent to an activating group) is 1. The number of carboxylic acid groups (broad SMARTS) is 1. The van der Waals surface area contributed by atoms with Crippen LogP contribution >= 0.6 is 0 Å². The van der Waals surface area contributed by atoms with Crippen LogP contribution in [0.5, 0.6) is 0 Å². The van der Waals surface area contributed by atoms with E-state index in [4.69, 9.17) is 14.2 Å². The number of allylic oxidation sites excluding steroid dienone is 10. The highest BCUT2D eigenvalue weighted by molar-refractivity contribution is 5.72. The molecule has 0 rings (SSSR count). The molecular weight excluding hydrogens is 703 g/mol. The average molecular weight is 787 g/mol. The fraction of sp³-hybridized carbons (Fsp3) is 0.729. The van der Waals surface area contributed by atoms with Gasteiger partial charge in [-0.1, -0.05) is 139 Å². The summed E-state index contributed by atoms with van der Waals surface area (Å²) in [6, 6.07) is -0.622. The van der Waals surface area contributed by atoms with Crippen molar-refractivity contribution >= 4 is 17.9 Å². The average Bonchev–Trinajstić information content (AvgIpc) is 3.15. The summed E-state index contributed by atoms with van der Waals surface area (Å²) in [7, 11) is 5.51. The van der Waals surface area contributed by atoms with E-state index in [-0.39, 0.29) is 36.2 Å². The highest BCUT2D eigenvalue weighted by atomic mass is 16.6. The molecule has 2 unspecified atom stereocenters. The van der Waals surface area contributed by atoms with Gasteiger partial charge in [-0.2, -0.15) is 0 Å². The topological polar surface area (TPSA) is 99.1 Å². The van der Waals surface area contributed by atoms with Crippen LogP contribution in [-0.2, 0) is 28.6 Å². The van der Waals surface area contributed by atoms with Crippen molar-refractivity contribution in [1.29, 1.82) is 0 Å². The summed E-state index contributed by atoms with van der Waals surface area (Å²) >= 11 is 0. The monoisotopic (exact) mass is 787 g/mol. The lowest BCUT2D eigenvalue weighted by Crippen LogP contribution is -2.50. The fourth-order valence-electron chi connectivity index (χ4n) is 6.19. The molecule has 0 heterocycles. The Morgan fingerprint density at radius 1 is 0.554 bits per heavy atom. The number of hydrogen-bond donors (Lipinski definition) is 1. The summed E-state index contributed by atoms with van der Waals surface area (Å²) in [6.07, 6.45) is 46.9. The van der Waals surface area contributed by atoms with E-state index in [9.17, 15) is 19.5 Å². The van der Waals surface area contributed by atoms with Gasteiger partial charge in [0.25, 0.3) is 0 Å². The van der Waals surface area contributed by atoms with E-state index in [0.717, 1.165) is 89.9 Å². The maximum Gasteiger partial charge on any atom is 0.362 e. The van der Waals surface area contributed by atoms with Gasteiger partial charge < -0.3 is 23.8 Å². The zero-order valence-corrected chi connectivity index (χ0v) is 36.6. The molecule has 8 nitrogen and oxygen atoms in total. The summed E-state index contributed by atoms with van der Waals surface area (Å²) in [5, 5.41) is 9.62. The number of ether oxygens (including phenoxy) is 3. The van der Waals surface area contributed by atoms with Crippen LogP contribution < -0.4 is 0 Å². The summed E-state index contributed by atoms with van der Waals surface area (Å²) in [5.41, 5.74) is 0. The summed E-state index contributed by atoms with van der Waals surface area (Å²) in [6.45, 7) is 4.58. The third-order valence-corrected chi connectivity index (χ3v) is 9.65. The van der Waals surface area contributed by atoms with Crippen LogP contribution in [0.3, 0.4) is 0 Å². The Hall–Kier alpha value is -2.97. The number of nitrogens with zero attached hydrogens (tertiary/aromatic N) is 1. The van der Waals surface area contributed by atoms with Gasteiger partial charge in [0.2, 0.25) is 0 Å². The van der Waals surface area contributed by atoms with Crippen molar-refractivity contribution in [3.05, 3.63) is 60.8 Å². The first-order valence-corrected chi connectivity index (χ1v) is 22.3. The molecule has 8 heteroatoms. The first-order chi connectivity index (χ1) is 27.1. The lowest BCUT2D eigenvalue weighted by Gasteiger charge is -2.31. The summed E-state index contributed by atoms with van der Waals surface area (Å²) in [5.74, 6) is -1.51. The van der Waals surface area contributed by atoms with Crippen LogP contribution in [0.2, 0.25) is 0 Å². The predicted octanol–water partition coefficient (Wildman–Crippen LogP) is 12.2. The molecule has 0 saturated carbocycles. The smallest absolute Gasteiger partial charge is 0.362 e. The van der Waals surface area contributed by atoms with E-state index in [1.54, 1.807) is 0 Å². The molecule has 56 heavy (non-hydrogen) atoms. The number of carboxylic acids is 1. The van der Waals surface area contributed by atoms with E-state index in [1.165, 1.54) is 51.4 Å². The molecule has 0 spiro atoms. The third kappa shape index (κ3) is 36.7. The van der Waals surface area contributed by atoms with Crippen LogP contribution in [0, 0.1) is 0 Å². The number of aliphatic carboxylic acids is 1. The van der Waals surface area contributed by atoms with Crippen molar-refractivity contribution in [3.63, 3.8) is 0 Å². The molecule has 0 aromatic rings. The Labute approximate surface area is 343 Å². The number of hydrogen-bond acceptors (Lipinski definition) is 6. The Morgan fingerprint density at radius 3 is 1.50 bits per heavy atom. The molecule has 0 aliphatic carbocycles. The van der Waals surface area contributed by atoms with Crippen LogP contribution in [0.1, 0.15) is 174 Å². The molecule has 0 aliphatic rings. The van der Waals surface area contributed by atoms with Gasteiger partial charge in [0.1, 0.15) is 6.61 Å². The van der Waals surface area contributed by atoms with Gasteiger partial charge in [0.05, 0.1) is 34.4 Å². The molecule has 0 aliphatic heterocycles. The summed E-state index contributed by atoms with van der Waals surface area (Å²) < 4.78 is 17.2. The highest BCUT2D eigenvalue weighted by Gasteiger charge is 2.31. The van der Waals surface area contributed by atoms with Crippen molar-refractivity contribution in [2.45, 2.75) is 187 Å². The Balaban J connectivity index is 4.41. The SMILES string of the molecule is CC/C=C\C/C=C\C/C=C\C/C=C\CCCCCCC(=O)OC(COCCC(C(=O)O)[N+](C)(C)C)COC(=O)CCCCCCC/C=C\CCCCCCCC. The number of carbonyl (C=O) groups is 3. The lowest BCUT2D eigenvalue weighted by atomic mass is 10.1. The van der Waals surface area contributed by atoms with E-state index < -0.39 is 18.1 Å². The van der Waals surface area contributed by atoms with Crippen molar-refractivity contribution < 1.29 is 38.2 Å². The molecule has 0 saturated heterocycles. The molecule has 0 radical (unpaired) electrons. The second-order valence-corrected chi connectivity index (χ2v) is 15.9. The van der Waals surface area contributed by atoms with E-state index in [1.807, 2.05) is 21.1 Å². The van der Waals surface area contributed by atoms with Crippen molar-refractivity contribution in [2.75, 3.05) is 41.0 Å². The maximum atomic E-state index is 12.7. The lowest BCUT2D eigenvalue weighted by molar-refractivity contribution is -0.887. The minimum absolute atomic E-state index is 0.0464. The number of unbranched alkanes of at least 4 members (excludes halogenated alkanes) is 15. The minimum Gasteiger partial charge on any atom is -0.477 e. The van der Waals surface area contributed by atoms with E-state index in [2.05, 4.69) is 74.6 Å². The van der Waals surface area contributed by atoms with Gasteiger partial charge in [-0.25, -0.2) is 4.79 Å². The van der Waals surface area contributed by atoms with Crippen LogP contribution in [0.25, 0.3) is 0 Å². The third-order valence-electron chi connectivity index (χ3n) is 9.65. The molecule has 0 bridgehead atoms. The zero-order valence-electron chi connectivity index (χ0n) is 36.6. The maximum absolute atomic E-state index is 12.7. The van der Waals surface area contributed by atoms with Crippen LogP contribution in [-0.4, -0.2) is 80.6 Å². The van der Waals surface area contributed by atoms with Gasteiger partial charge in [-0.3, -0.25) is 9.59 Å². The number of rotatable bonds is 39. The number of esters is 2. The van der Waals surface area contributed by atoms with E-state index in [0.29, 0.717) is 19.3 Å². The highest BCUT2D eigenvalue weighted by Crippen LogP contribution is 2.13. The largest absolute Gasteiger partial charge is 0.477 e. The standard InChI is InChI=1S/C48H83NO7/c1-6-8-10-12-14-16-18-20-22-23-25-27-29-31-33-35-37-39-47(51)56-44(42-54-41-40-45(48(52)53)49(3,4)5)43-55-46(50)38-36-34-32-30-28-26-24-21-19-17-15-13-11-9-7-2/h8,10,14,16,20-22,24-25,27,44-45H,6-7,9,11-13,15,17-19,23,26,28-43H2,1-5H3/p+1/b10-8-,16-14-,22-20-,24-21-,27-25-. The Morgan fingerprint density at radius 2 is 1.00 bits per heavy atom. The van der Waals surface area contributed by atoms with Gasteiger partial charge in [0.15, 0.2) is 12.1 Å². The van der Waals surface area contributed by atoms with Gasteiger partial charge in [-0.15, -0.1) is 0 Å². The molecular formula is C48H84NO7+. The molecule has 2 atom stereocenters. The zero-order chi connectivity index (χ0) is 41.4. The van der Waals surface area contributed by atoms with Gasteiger partial charge >= 0.3 is 17.9 Å². The van der Waals surface area contributed by atoms with Crippen molar-refractivity contribution in [2.24, 2.45) is 0 Å². The predicted molar refractivity (Wildman–Crippen MR) is 234 cm³/mol. The first kappa shape index (κ1) is 53.0. The number of carbonyl (C=O) groups excluding carboxylic acids is 2. The first-order valence-electron chi connectivity index (χ1n) is 22.3. The molecule has 0 fully saturated rings. The van der Waals surface area contributed by atoms with Crippen molar-refractivity contribution in [3.8, 4) is 0 Å². The number of quaternary nitrogens is 1. The normalized spacial score (nSPS) is 13.5. The van der Waals surface area contributed by atoms with E-state index >= 15 is 0 Å². The van der Waals surface area contributed by atoms with Crippen LogP contribution in [0.4, 0.5) is 0 Å². The van der Waals surface area contributed by atoms with Crippen LogP contribution in [0.15, 0.2) is 60.8 Å². The fourth-order valence-corrected chi connectivity index (χ4v) is 6.19. The molecule has 0 aromatic heterocycles. The molecule has 0 aromatic carbocycles.